The maximum Gasteiger partial charge on any atom is 0.277 e. The zero-order valence-corrected chi connectivity index (χ0v) is 11.7. The molecule has 0 aromatic carbocycles. The molecule has 0 spiro atoms. The maximum absolute atomic E-state index is 11.0. The Kier molecular flexibility index (Phi) is 3.33. The predicted molar refractivity (Wildman–Crippen MR) is 76.6 cm³/mol. The van der Waals surface area contributed by atoms with Crippen LogP contribution in [-0.4, -0.2) is 29.0 Å². The van der Waals surface area contributed by atoms with Crippen LogP contribution in [0.15, 0.2) is 12.3 Å². The highest BCUT2D eigenvalue weighted by Crippen LogP contribution is 2.37. The van der Waals surface area contributed by atoms with Crippen LogP contribution in [0.4, 0.5) is 11.5 Å². The summed E-state index contributed by atoms with van der Waals surface area (Å²) >= 11 is 0. The molecule has 1 aromatic rings. The Labute approximate surface area is 118 Å². The van der Waals surface area contributed by atoms with Gasteiger partial charge in [0.1, 0.15) is 5.82 Å². The van der Waals surface area contributed by atoms with Crippen LogP contribution in [-0.2, 0) is 0 Å². The number of fused-ring (bicyclic) bond motifs is 1. The van der Waals surface area contributed by atoms with E-state index in [2.05, 4.69) is 9.88 Å². The van der Waals surface area contributed by atoms with E-state index in [1.54, 1.807) is 19.2 Å². The molecule has 0 amide bonds. The number of nitrogens with zero attached hydrogens (tertiary/aromatic N) is 3. The Morgan fingerprint density at radius 2 is 2.15 bits per heavy atom. The SMILES string of the molecule is Cc1cnc(N2C[C@H]3CCC(N)C[C@H]3C2)cc1[N+](=O)[O-]. The summed E-state index contributed by atoms with van der Waals surface area (Å²) in [4.78, 5) is 17.2. The molecule has 1 aromatic heterocycles. The summed E-state index contributed by atoms with van der Waals surface area (Å²) < 4.78 is 0. The molecule has 108 valence electrons. The van der Waals surface area contributed by atoms with Gasteiger partial charge in [-0.25, -0.2) is 4.98 Å². The molecule has 0 bridgehead atoms. The second-order valence-electron chi connectivity index (χ2n) is 6.08. The molecule has 1 saturated carbocycles. The van der Waals surface area contributed by atoms with Crippen molar-refractivity contribution < 1.29 is 4.92 Å². The minimum atomic E-state index is -0.334. The highest BCUT2D eigenvalue weighted by molar-refractivity contribution is 5.51. The number of nitrogens with two attached hydrogens (primary N) is 1. The molecule has 2 aliphatic rings. The molecule has 20 heavy (non-hydrogen) atoms. The molecular weight excluding hydrogens is 256 g/mol. The first-order valence-corrected chi connectivity index (χ1v) is 7.16. The van der Waals surface area contributed by atoms with Gasteiger partial charge in [-0.2, -0.15) is 0 Å². The van der Waals surface area contributed by atoms with E-state index >= 15 is 0 Å². The number of aromatic nitrogens is 1. The second-order valence-corrected chi connectivity index (χ2v) is 6.08. The maximum atomic E-state index is 11.0. The van der Waals surface area contributed by atoms with Gasteiger partial charge in [0.15, 0.2) is 0 Å². The molecule has 2 N–H and O–H groups in total. The van der Waals surface area contributed by atoms with Crippen molar-refractivity contribution in [3.63, 3.8) is 0 Å². The summed E-state index contributed by atoms with van der Waals surface area (Å²) in [6.07, 6.45) is 4.92. The molecule has 2 fully saturated rings. The van der Waals surface area contributed by atoms with E-state index < -0.39 is 0 Å². The summed E-state index contributed by atoms with van der Waals surface area (Å²) in [5.41, 5.74) is 6.80. The number of hydrogen-bond donors (Lipinski definition) is 1. The normalized spacial score (nSPS) is 29.3. The predicted octanol–water partition coefficient (Wildman–Crippen LogP) is 1.86. The topological polar surface area (TPSA) is 85.3 Å². The third-order valence-electron chi connectivity index (χ3n) is 4.67. The first kappa shape index (κ1) is 13.3. The van der Waals surface area contributed by atoms with E-state index in [0.717, 1.165) is 38.2 Å². The molecular formula is C14H20N4O2. The van der Waals surface area contributed by atoms with Crippen LogP contribution in [0, 0.1) is 28.9 Å². The smallest absolute Gasteiger partial charge is 0.277 e. The van der Waals surface area contributed by atoms with Crippen molar-refractivity contribution in [1.82, 2.24) is 4.98 Å². The first-order chi connectivity index (χ1) is 9.54. The Morgan fingerprint density at radius 3 is 2.90 bits per heavy atom. The van der Waals surface area contributed by atoms with Gasteiger partial charge in [-0.15, -0.1) is 0 Å². The number of nitro groups is 1. The molecule has 2 heterocycles. The van der Waals surface area contributed by atoms with Gasteiger partial charge < -0.3 is 10.6 Å². The van der Waals surface area contributed by atoms with Crippen molar-refractivity contribution in [2.75, 3.05) is 18.0 Å². The van der Waals surface area contributed by atoms with E-state index in [4.69, 9.17) is 5.73 Å². The number of pyridine rings is 1. The monoisotopic (exact) mass is 276 g/mol. The summed E-state index contributed by atoms with van der Waals surface area (Å²) in [6.45, 7) is 3.59. The number of hydrogen-bond acceptors (Lipinski definition) is 5. The fraction of sp³-hybridized carbons (Fsp3) is 0.643. The highest BCUT2D eigenvalue weighted by atomic mass is 16.6. The summed E-state index contributed by atoms with van der Waals surface area (Å²) in [5.74, 6) is 2.00. The van der Waals surface area contributed by atoms with Gasteiger partial charge >= 0.3 is 0 Å². The summed E-state index contributed by atoms with van der Waals surface area (Å²) in [6, 6.07) is 1.92. The van der Waals surface area contributed by atoms with E-state index in [0.29, 0.717) is 23.4 Å². The Morgan fingerprint density at radius 1 is 1.40 bits per heavy atom. The zero-order chi connectivity index (χ0) is 14.3. The second kappa shape index (κ2) is 5.01. The average molecular weight is 276 g/mol. The van der Waals surface area contributed by atoms with Crippen LogP contribution in [0.5, 0.6) is 0 Å². The molecule has 3 atom stereocenters. The van der Waals surface area contributed by atoms with Gasteiger partial charge in [-0.3, -0.25) is 10.1 Å². The summed E-state index contributed by atoms with van der Waals surface area (Å²) in [5, 5.41) is 11.0. The Bertz CT molecular complexity index is 534. The highest BCUT2D eigenvalue weighted by Gasteiger charge is 2.37. The quantitative estimate of drug-likeness (QED) is 0.658. The lowest BCUT2D eigenvalue weighted by Gasteiger charge is -2.27. The van der Waals surface area contributed by atoms with Crippen molar-refractivity contribution in [2.45, 2.75) is 32.2 Å². The molecule has 6 nitrogen and oxygen atoms in total. The van der Waals surface area contributed by atoms with Gasteiger partial charge in [-0.1, -0.05) is 0 Å². The fourth-order valence-electron chi connectivity index (χ4n) is 3.53. The minimum absolute atomic E-state index is 0.154. The summed E-state index contributed by atoms with van der Waals surface area (Å²) in [7, 11) is 0. The van der Waals surface area contributed by atoms with Crippen LogP contribution >= 0.6 is 0 Å². The lowest BCUT2D eigenvalue weighted by atomic mass is 9.79. The van der Waals surface area contributed by atoms with E-state index in [9.17, 15) is 10.1 Å². The van der Waals surface area contributed by atoms with Gasteiger partial charge in [-0.05, 0) is 38.0 Å². The van der Waals surface area contributed by atoms with Gasteiger partial charge in [0.05, 0.1) is 11.0 Å². The van der Waals surface area contributed by atoms with Crippen LogP contribution in [0.1, 0.15) is 24.8 Å². The van der Waals surface area contributed by atoms with E-state index in [1.165, 1.54) is 0 Å². The molecule has 3 rings (SSSR count). The Balaban J connectivity index is 1.81. The molecule has 1 aliphatic carbocycles. The first-order valence-electron chi connectivity index (χ1n) is 7.16. The molecule has 1 unspecified atom stereocenters. The third-order valence-corrected chi connectivity index (χ3v) is 4.67. The largest absolute Gasteiger partial charge is 0.356 e. The number of rotatable bonds is 2. The fourth-order valence-corrected chi connectivity index (χ4v) is 3.53. The standard InChI is InChI=1S/C14H20N4O2/c1-9-6-16-14(5-13(9)18(19)20)17-7-10-2-3-12(15)4-11(10)8-17/h5-6,10-12H,2-4,7-8,15H2,1H3/t10-,11+,12?/m1/s1. The van der Waals surface area contributed by atoms with Gasteiger partial charge in [0, 0.05) is 30.9 Å². The van der Waals surface area contributed by atoms with Crippen LogP contribution < -0.4 is 10.6 Å². The van der Waals surface area contributed by atoms with Crippen LogP contribution in [0.25, 0.3) is 0 Å². The molecule has 1 aliphatic heterocycles. The molecule has 0 radical (unpaired) electrons. The third kappa shape index (κ3) is 2.35. The lowest BCUT2D eigenvalue weighted by molar-refractivity contribution is -0.385. The van der Waals surface area contributed by atoms with Crippen LogP contribution in [0.2, 0.25) is 0 Å². The lowest BCUT2D eigenvalue weighted by Crippen LogP contribution is -2.32. The number of anilines is 1. The minimum Gasteiger partial charge on any atom is -0.356 e. The average Bonchev–Trinajstić information content (AvgIpc) is 2.81. The van der Waals surface area contributed by atoms with Crippen molar-refractivity contribution in [2.24, 2.45) is 17.6 Å². The van der Waals surface area contributed by atoms with Crippen molar-refractivity contribution in [3.8, 4) is 0 Å². The Hall–Kier alpha value is -1.69. The van der Waals surface area contributed by atoms with E-state index in [-0.39, 0.29) is 10.6 Å². The molecule has 6 heteroatoms. The van der Waals surface area contributed by atoms with Crippen molar-refractivity contribution in [3.05, 3.63) is 27.9 Å². The molecule has 1 saturated heterocycles. The van der Waals surface area contributed by atoms with Gasteiger partial charge in [0.2, 0.25) is 0 Å². The number of aryl methyl sites for hydroxylation is 1. The van der Waals surface area contributed by atoms with Gasteiger partial charge in [0.25, 0.3) is 5.69 Å². The van der Waals surface area contributed by atoms with E-state index in [1.807, 2.05) is 0 Å². The van der Waals surface area contributed by atoms with Crippen molar-refractivity contribution in [1.29, 1.82) is 0 Å². The van der Waals surface area contributed by atoms with Crippen LogP contribution in [0.3, 0.4) is 0 Å². The zero-order valence-electron chi connectivity index (χ0n) is 11.7. The van der Waals surface area contributed by atoms with Crippen molar-refractivity contribution >= 4 is 11.5 Å².